The van der Waals surface area contributed by atoms with Crippen LogP contribution in [-0.4, -0.2) is 26.5 Å². The molecule has 0 unspecified atom stereocenters. The predicted molar refractivity (Wildman–Crippen MR) is 96.1 cm³/mol. The Morgan fingerprint density at radius 3 is 2.85 bits per heavy atom. The standard InChI is InChI=1S/C17H13FN6OS/c18-13-5-2-4-12(8-13)16-22-23-17(24(16)20)26-10-15(25)21-14-6-1-3-11(7-14)9-19/h1-8H,10,20H2,(H,21,25). The third-order valence-corrected chi connectivity index (χ3v) is 4.30. The molecule has 0 aliphatic heterocycles. The number of anilines is 1. The molecule has 0 fully saturated rings. The number of carbonyl (C=O) groups excluding carboxylic acids is 1. The van der Waals surface area contributed by atoms with Crippen molar-refractivity contribution < 1.29 is 9.18 Å². The summed E-state index contributed by atoms with van der Waals surface area (Å²) in [6.07, 6.45) is 0. The fourth-order valence-corrected chi connectivity index (χ4v) is 2.85. The number of thioether (sulfide) groups is 1. The highest BCUT2D eigenvalue weighted by Crippen LogP contribution is 2.22. The van der Waals surface area contributed by atoms with Gasteiger partial charge in [0.15, 0.2) is 5.82 Å². The highest BCUT2D eigenvalue weighted by atomic mass is 32.2. The van der Waals surface area contributed by atoms with Gasteiger partial charge in [0, 0.05) is 11.3 Å². The summed E-state index contributed by atoms with van der Waals surface area (Å²) in [6, 6.07) is 14.5. The van der Waals surface area contributed by atoms with Crippen molar-refractivity contribution in [1.82, 2.24) is 14.9 Å². The van der Waals surface area contributed by atoms with Crippen LogP contribution in [0.2, 0.25) is 0 Å². The first-order chi connectivity index (χ1) is 12.6. The molecule has 9 heteroatoms. The van der Waals surface area contributed by atoms with Gasteiger partial charge in [-0.25, -0.2) is 9.07 Å². The number of rotatable bonds is 5. The molecule has 26 heavy (non-hydrogen) atoms. The number of benzene rings is 2. The minimum atomic E-state index is -0.404. The summed E-state index contributed by atoms with van der Waals surface area (Å²) < 4.78 is 14.5. The van der Waals surface area contributed by atoms with Crippen molar-refractivity contribution in [3.8, 4) is 17.5 Å². The number of hydrogen-bond donors (Lipinski definition) is 2. The molecule has 0 aliphatic rings. The van der Waals surface area contributed by atoms with E-state index in [1.165, 1.54) is 16.8 Å². The molecule has 0 aliphatic carbocycles. The molecule has 0 saturated carbocycles. The first-order valence-electron chi connectivity index (χ1n) is 7.46. The minimum absolute atomic E-state index is 0.0509. The van der Waals surface area contributed by atoms with E-state index in [0.29, 0.717) is 27.8 Å². The molecule has 1 heterocycles. The number of hydrogen-bond acceptors (Lipinski definition) is 6. The molecule has 3 N–H and O–H groups in total. The smallest absolute Gasteiger partial charge is 0.234 e. The van der Waals surface area contributed by atoms with Gasteiger partial charge in [0.2, 0.25) is 11.1 Å². The second-order valence-corrected chi connectivity index (χ2v) is 6.16. The number of amides is 1. The van der Waals surface area contributed by atoms with E-state index in [-0.39, 0.29) is 11.7 Å². The molecule has 1 aromatic heterocycles. The van der Waals surface area contributed by atoms with Crippen LogP contribution < -0.4 is 11.2 Å². The number of nitrogens with zero attached hydrogens (tertiary/aromatic N) is 4. The largest absolute Gasteiger partial charge is 0.335 e. The first-order valence-corrected chi connectivity index (χ1v) is 8.44. The van der Waals surface area contributed by atoms with Crippen LogP contribution >= 0.6 is 11.8 Å². The number of aromatic nitrogens is 3. The molecule has 0 bridgehead atoms. The molecule has 3 rings (SSSR count). The SMILES string of the molecule is N#Cc1cccc(NC(=O)CSc2nnc(-c3cccc(F)c3)n2N)c1. The number of nitrogens with one attached hydrogen (secondary N) is 1. The fourth-order valence-electron chi connectivity index (χ4n) is 2.19. The van der Waals surface area contributed by atoms with Crippen molar-refractivity contribution in [3.05, 3.63) is 59.9 Å². The van der Waals surface area contributed by atoms with Crippen LogP contribution in [0.1, 0.15) is 5.56 Å². The van der Waals surface area contributed by atoms with Crippen molar-refractivity contribution in [2.45, 2.75) is 5.16 Å². The Morgan fingerprint density at radius 2 is 2.08 bits per heavy atom. The van der Waals surface area contributed by atoms with E-state index in [2.05, 4.69) is 15.5 Å². The first kappa shape index (κ1) is 17.4. The quantitative estimate of drug-likeness (QED) is 0.529. The average Bonchev–Trinajstić information content (AvgIpc) is 3.01. The van der Waals surface area contributed by atoms with Crippen LogP contribution in [0.4, 0.5) is 10.1 Å². The second-order valence-electron chi connectivity index (χ2n) is 5.22. The maximum atomic E-state index is 13.3. The average molecular weight is 368 g/mol. The van der Waals surface area contributed by atoms with Crippen molar-refractivity contribution in [2.24, 2.45) is 0 Å². The number of nitrogens with two attached hydrogens (primary N) is 1. The van der Waals surface area contributed by atoms with Gasteiger partial charge in [0.1, 0.15) is 5.82 Å². The van der Waals surface area contributed by atoms with Crippen LogP contribution in [0.25, 0.3) is 11.4 Å². The molecular formula is C17H13FN6OS. The van der Waals surface area contributed by atoms with Gasteiger partial charge in [-0.1, -0.05) is 30.0 Å². The Hall–Kier alpha value is -3.38. The Labute approximate surface area is 152 Å². The number of halogens is 1. The number of nitrogen functional groups attached to an aromatic ring is 1. The molecule has 1 amide bonds. The van der Waals surface area contributed by atoms with Gasteiger partial charge < -0.3 is 11.2 Å². The summed E-state index contributed by atoms with van der Waals surface area (Å²) in [5.74, 6) is 5.61. The second kappa shape index (κ2) is 7.67. The Morgan fingerprint density at radius 1 is 1.27 bits per heavy atom. The van der Waals surface area contributed by atoms with E-state index in [1.54, 1.807) is 36.4 Å². The molecule has 0 radical (unpaired) electrons. The summed E-state index contributed by atoms with van der Waals surface area (Å²) >= 11 is 1.10. The Balaban J connectivity index is 1.65. The van der Waals surface area contributed by atoms with Gasteiger partial charge in [-0.3, -0.25) is 4.79 Å². The summed E-state index contributed by atoms with van der Waals surface area (Å²) in [7, 11) is 0. The van der Waals surface area contributed by atoms with Crippen LogP contribution in [0.15, 0.2) is 53.7 Å². The number of carbonyl (C=O) groups is 1. The van der Waals surface area contributed by atoms with Crippen LogP contribution in [-0.2, 0) is 4.79 Å². The maximum absolute atomic E-state index is 13.3. The maximum Gasteiger partial charge on any atom is 0.234 e. The molecule has 7 nitrogen and oxygen atoms in total. The fraction of sp³-hybridized carbons (Fsp3) is 0.0588. The van der Waals surface area contributed by atoms with Gasteiger partial charge in [0.05, 0.1) is 17.4 Å². The molecule has 3 aromatic rings. The Kier molecular flexibility index (Phi) is 5.15. The zero-order valence-electron chi connectivity index (χ0n) is 13.4. The molecular weight excluding hydrogens is 355 g/mol. The van der Waals surface area contributed by atoms with Gasteiger partial charge in [-0.2, -0.15) is 5.26 Å². The van der Waals surface area contributed by atoms with Crippen molar-refractivity contribution in [3.63, 3.8) is 0 Å². The highest BCUT2D eigenvalue weighted by Gasteiger charge is 2.14. The third-order valence-electron chi connectivity index (χ3n) is 3.36. The van der Waals surface area contributed by atoms with Gasteiger partial charge in [0.25, 0.3) is 0 Å². The lowest BCUT2D eigenvalue weighted by molar-refractivity contribution is -0.113. The van der Waals surface area contributed by atoms with E-state index in [9.17, 15) is 9.18 Å². The number of nitriles is 1. The van der Waals surface area contributed by atoms with Crippen molar-refractivity contribution >= 4 is 23.4 Å². The molecule has 130 valence electrons. The summed E-state index contributed by atoms with van der Waals surface area (Å²) in [5.41, 5.74) is 1.48. The summed E-state index contributed by atoms with van der Waals surface area (Å²) in [5, 5.41) is 19.8. The Bertz CT molecular complexity index is 997. The van der Waals surface area contributed by atoms with Gasteiger partial charge in [-0.05, 0) is 30.3 Å². The molecule has 0 atom stereocenters. The van der Waals surface area contributed by atoms with Crippen molar-refractivity contribution in [2.75, 3.05) is 16.9 Å². The molecule has 2 aromatic carbocycles. The zero-order valence-corrected chi connectivity index (χ0v) is 14.2. The van der Waals surface area contributed by atoms with E-state index >= 15 is 0 Å². The van der Waals surface area contributed by atoms with Crippen LogP contribution in [0.3, 0.4) is 0 Å². The topological polar surface area (TPSA) is 110 Å². The third kappa shape index (κ3) is 3.99. The van der Waals surface area contributed by atoms with E-state index in [1.807, 2.05) is 6.07 Å². The zero-order chi connectivity index (χ0) is 18.5. The van der Waals surface area contributed by atoms with E-state index in [0.717, 1.165) is 11.8 Å². The van der Waals surface area contributed by atoms with Gasteiger partial charge >= 0.3 is 0 Å². The van der Waals surface area contributed by atoms with E-state index < -0.39 is 5.82 Å². The monoisotopic (exact) mass is 368 g/mol. The summed E-state index contributed by atoms with van der Waals surface area (Å²) in [4.78, 5) is 12.1. The molecule has 0 spiro atoms. The lowest BCUT2D eigenvalue weighted by Gasteiger charge is -2.06. The normalized spacial score (nSPS) is 10.3. The van der Waals surface area contributed by atoms with Crippen LogP contribution in [0, 0.1) is 17.1 Å². The van der Waals surface area contributed by atoms with Gasteiger partial charge in [-0.15, -0.1) is 10.2 Å². The lowest BCUT2D eigenvalue weighted by Crippen LogP contribution is -2.16. The molecule has 0 saturated heterocycles. The highest BCUT2D eigenvalue weighted by molar-refractivity contribution is 7.99. The van der Waals surface area contributed by atoms with Crippen LogP contribution in [0.5, 0.6) is 0 Å². The minimum Gasteiger partial charge on any atom is -0.335 e. The predicted octanol–water partition coefficient (Wildman–Crippen LogP) is 2.40. The summed E-state index contributed by atoms with van der Waals surface area (Å²) in [6.45, 7) is 0. The van der Waals surface area contributed by atoms with E-state index in [4.69, 9.17) is 11.1 Å². The van der Waals surface area contributed by atoms with Crippen molar-refractivity contribution in [1.29, 1.82) is 5.26 Å². The lowest BCUT2D eigenvalue weighted by atomic mass is 10.2.